The highest BCUT2D eigenvalue weighted by molar-refractivity contribution is 5.41. The Balaban J connectivity index is 1.74. The first-order chi connectivity index (χ1) is 8.35. The molecule has 2 saturated heterocycles. The van der Waals surface area contributed by atoms with Crippen LogP contribution < -0.4 is 15.0 Å². The molecule has 3 rings (SSSR count). The maximum atomic E-state index is 5.14. The van der Waals surface area contributed by atoms with Gasteiger partial charge in [-0.1, -0.05) is 0 Å². The van der Waals surface area contributed by atoms with Crippen LogP contribution in [0.1, 0.15) is 19.3 Å². The fourth-order valence-electron chi connectivity index (χ4n) is 2.83. The van der Waals surface area contributed by atoms with Crippen LogP contribution in [-0.2, 0) is 0 Å². The topological polar surface area (TPSA) is 37.4 Å². The summed E-state index contributed by atoms with van der Waals surface area (Å²) in [5.74, 6) is 1.89. The van der Waals surface area contributed by atoms with Gasteiger partial charge in [-0.15, -0.1) is 0 Å². The van der Waals surface area contributed by atoms with E-state index in [1.807, 2.05) is 6.07 Å². The van der Waals surface area contributed by atoms with E-state index >= 15 is 0 Å². The molecule has 4 nitrogen and oxygen atoms in total. The molecule has 3 heterocycles. The van der Waals surface area contributed by atoms with Crippen molar-refractivity contribution in [1.82, 2.24) is 10.3 Å². The van der Waals surface area contributed by atoms with Crippen LogP contribution >= 0.6 is 0 Å². The van der Waals surface area contributed by atoms with E-state index in [4.69, 9.17) is 4.74 Å². The van der Waals surface area contributed by atoms with Crippen molar-refractivity contribution in [2.24, 2.45) is 0 Å². The molecule has 2 bridgehead atoms. The van der Waals surface area contributed by atoms with Gasteiger partial charge >= 0.3 is 0 Å². The first-order valence-electron chi connectivity index (χ1n) is 6.36. The molecule has 2 aliphatic heterocycles. The molecule has 17 heavy (non-hydrogen) atoms. The van der Waals surface area contributed by atoms with Crippen molar-refractivity contribution in [3.63, 3.8) is 0 Å². The number of methoxy groups -OCH3 is 1. The lowest BCUT2D eigenvalue weighted by atomic mass is 10.1. The van der Waals surface area contributed by atoms with Crippen molar-refractivity contribution >= 4 is 5.82 Å². The van der Waals surface area contributed by atoms with Crippen molar-refractivity contribution in [3.8, 4) is 5.75 Å². The Labute approximate surface area is 102 Å². The van der Waals surface area contributed by atoms with Crippen LogP contribution in [0.25, 0.3) is 0 Å². The average Bonchev–Trinajstić information content (AvgIpc) is 2.69. The molecule has 2 atom stereocenters. The molecule has 1 aromatic rings. The second kappa shape index (κ2) is 4.53. The Morgan fingerprint density at radius 1 is 1.29 bits per heavy atom. The van der Waals surface area contributed by atoms with Crippen LogP contribution in [0.3, 0.4) is 0 Å². The quantitative estimate of drug-likeness (QED) is 0.838. The summed E-state index contributed by atoms with van der Waals surface area (Å²) in [6.45, 7) is 2.18. The summed E-state index contributed by atoms with van der Waals surface area (Å²) >= 11 is 0. The monoisotopic (exact) mass is 233 g/mol. The second-order valence-electron chi connectivity index (χ2n) is 4.93. The molecular formula is C13H19N3O. The fourth-order valence-corrected chi connectivity index (χ4v) is 2.83. The summed E-state index contributed by atoms with van der Waals surface area (Å²) in [4.78, 5) is 6.86. The van der Waals surface area contributed by atoms with Crippen molar-refractivity contribution in [3.05, 3.63) is 18.3 Å². The number of aromatic nitrogens is 1. The smallest absolute Gasteiger partial charge is 0.137 e. The van der Waals surface area contributed by atoms with Crippen LogP contribution in [0.4, 0.5) is 5.82 Å². The summed E-state index contributed by atoms with van der Waals surface area (Å²) in [7, 11) is 1.67. The highest BCUT2D eigenvalue weighted by atomic mass is 16.5. The molecule has 2 aliphatic rings. The molecule has 0 amide bonds. The normalized spacial score (nSPS) is 27.9. The lowest BCUT2D eigenvalue weighted by molar-refractivity contribution is 0.413. The molecule has 0 saturated carbocycles. The summed E-state index contributed by atoms with van der Waals surface area (Å²) in [5.41, 5.74) is 0. The molecule has 0 radical (unpaired) electrons. The van der Waals surface area contributed by atoms with Gasteiger partial charge in [0.15, 0.2) is 0 Å². The molecule has 92 valence electrons. The summed E-state index contributed by atoms with van der Waals surface area (Å²) in [6, 6.07) is 5.41. The van der Waals surface area contributed by atoms with Crippen molar-refractivity contribution in [2.45, 2.75) is 31.3 Å². The third-order valence-electron chi connectivity index (χ3n) is 3.80. The SMILES string of the molecule is COc1ccc(N2CCC3CCC(C2)N3)nc1. The van der Waals surface area contributed by atoms with Crippen molar-refractivity contribution in [2.75, 3.05) is 25.1 Å². The molecule has 0 aliphatic carbocycles. The standard InChI is InChI=1S/C13H19N3O/c1-17-12-4-5-13(14-8-12)16-7-6-10-2-3-11(9-16)15-10/h4-5,8,10-11,15H,2-3,6-7,9H2,1H3. The van der Waals surface area contributed by atoms with Gasteiger partial charge in [-0.05, 0) is 31.4 Å². The number of anilines is 1. The molecule has 0 spiro atoms. The van der Waals surface area contributed by atoms with Gasteiger partial charge in [0, 0.05) is 25.2 Å². The minimum absolute atomic E-state index is 0.645. The maximum absolute atomic E-state index is 5.14. The predicted octanol–water partition coefficient (Wildman–Crippen LogP) is 1.42. The summed E-state index contributed by atoms with van der Waals surface area (Å²) < 4.78 is 5.14. The zero-order valence-corrected chi connectivity index (χ0v) is 10.2. The van der Waals surface area contributed by atoms with E-state index in [1.54, 1.807) is 13.3 Å². The lowest BCUT2D eigenvalue weighted by Crippen LogP contribution is -2.35. The number of fused-ring (bicyclic) bond motifs is 2. The van der Waals surface area contributed by atoms with Gasteiger partial charge in [0.2, 0.25) is 0 Å². The minimum Gasteiger partial charge on any atom is -0.495 e. The fraction of sp³-hybridized carbons (Fsp3) is 0.615. The van der Waals surface area contributed by atoms with Gasteiger partial charge in [0.05, 0.1) is 13.3 Å². The van der Waals surface area contributed by atoms with Gasteiger partial charge in [-0.2, -0.15) is 0 Å². The van der Waals surface area contributed by atoms with Crippen molar-refractivity contribution in [1.29, 1.82) is 0 Å². The van der Waals surface area contributed by atoms with Crippen LogP contribution in [0.5, 0.6) is 5.75 Å². The van der Waals surface area contributed by atoms with Gasteiger partial charge < -0.3 is 15.0 Å². The maximum Gasteiger partial charge on any atom is 0.137 e. The van der Waals surface area contributed by atoms with E-state index in [9.17, 15) is 0 Å². The van der Waals surface area contributed by atoms with Crippen LogP contribution in [0, 0.1) is 0 Å². The molecular weight excluding hydrogens is 214 g/mol. The van der Waals surface area contributed by atoms with Crippen LogP contribution in [0.2, 0.25) is 0 Å². The first kappa shape index (κ1) is 10.8. The first-order valence-corrected chi connectivity index (χ1v) is 6.36. The third kappa shape index (κ3) is 2.22. The number of nitrogens with one attached hydrogen (secondary N) is 1. The highest BCUT2D eigenvalue weighted by Crippen LogP contribution is 2.24. The number of hydrogen-bond donors (Lipinski definition) is 1. The largest absolute Gasteiger partial charge is 0.495 e. The molecule has 2 fully saturated rings. The molecule has 1 N–H and O–H groups in total. The third-order valence-corrected chi connectivity index (χ3v) is 3.80. The predicted molar refractivity (Wildman–Crippen MR) is 67.6 cm³/mol. The van der Waals surface area contributed by atoms with Gasteiger partial charge in [-0.25, -0.2) is 4.98 Å². The van der Waals surface area contributed by atoms with Gasteiger partial charge in [0.25, 0.3) is 0 Å². The molecule has 1 aromatic heterocycles. The van der Waals surface area contributed by atoms with Gasteiger partial charge in [0.1, 0.15) is 11.6 Å². The summed E-state index contributed by atoms with van der Waals surface area (Å²) in [5, 5.41) is 3.68. The lowest BCUT2D eigenvalue weighted by Gasteiger charge is -2.25. The number of pyridine rings is 1. The number of rotatable bonds is 2. The zero-order chi connectivity index (χ0) is 11.7. The average molecular weight is 233 g/mol. The Kier molecular flexibility index (Phi) is 2.89. The molecule has 0 aromatic carbocycles. The van der Waals surface area contributed by atoms with E-state index in [-0.39, 0.29) is 0 Å². The van der Waals surface area contributed by atoms with E-state index in [0.29, 0.717) is 6.04 Å². The molecule has 2 unspecified atom stereocenters. The Hall–Kier alpha value is -1.29. The number of hydrogen-bond acceptors (Lipinski definition) is 4. The number of nitrogens with zero attached hydrogens (tertiary/aromatic N) is 2. The minimum atomic E-state index is 0.645. The second-order valence-corrected chi connectivity index (χ2v) is 4.93. The van der Waals surface area contributed by atoms with Crippen LogP contribution in [-0.4, -0.2) is 37.3 Å². The van der Waals surface area contributed by atoms with Gasteiger partial charge in [-0.3, -0.25) is 0 Å². The zero-order valence-electron chi connectivity index (χ0n) is 10.2. The number of ether oxygens (including phenoxy) is 1. The Morgan fingerprint density at radius 2 is 2.18 bits per heavy atom. The van der Waals surface area contributed by atoms with E-state index in [0.717, 1.165) is 30.7 Å². The van der Waals surface area contributed by atoms with E-state index in [1.165, 1.54) is 19.3 Å². The highest BCUT2D eigenvalue weighted by Gasteiger charge is 2.29. The van der Waals surface area contributed by atoms with E-state index < -0.39 is 0 Å². The van der Waals surface area contributed by atoms with Crippen molar-refractivity contribution < 1.29 is 4.74 Å². The Morgan fingerprint density at radius 3 is 2.94 bits per heavy atom. The van der Waals surface area contributed by atoms with Crippen LogP contribution in [0.15, 0.2) is 18.3 Å². The summed E-state index contributed by atoms with van der Waals surface area (Å²) in [6.07, 6.45) is 5.67. The molecule has 4 heteroatoms. The van der Waals surface area contributed by atoms with E-state index in [2.05, 4.69) is 21.3 Å². The Bertz CT molecular complexity index is 379.